The number of nitrogens with zero attached hydrogens (tertiary/aromatic N) is 2. The summed E-state index contributed by atoms with van der Waals surface area (Å²) < 4.78 is 0. The van der Waals surface area contributed by atoms with Gasteiger partial charge in [-0.05, 0) is 12.3 Å². The summed E-state index contributed by atoms with van der Waals surface area (Å²) in [7, 11) is -1.65. The number of carbonyl (C=O) groups excluding carboxylic acids is 2. The van der Waals surface area contributed by atoms with E-state index in [0.29, 0.717) is 6.42 Å². The molecule has 0 radical (unpaired) electrons. The second-order valence-electron chi connectivity index (χ2n) is 4.99. The molecule has 1 unspecified atom stereocenters. The Hall–Kier alpha value is -2.00. The van der Waals surface area contributed by atoms with Crippen LogP contribution in [0.25, 0.3) is 0 Å². The van der Waals surface area contributed by atoms with Crippen LogP contribution in [0.3, 0.4) is 0 Å². The van der Waals surface area contributed by atoms with Crippen LogP contribution in [-0.2, 0) is 4.79 Å². The number of carbonyl (C=O) groups is 2. The predicted octanol–water partition coefficient (Wildman–Crippen LogP) is -1.25. The number of aromatic nitrogens is 2. The Kier molecular flexibility index (Phi) is 6.76. The molecule has 0 bridgehead atoms. The molecular formula is C12H19BN4O4. The first-order valence-electron chi connectivity index (χ1n) is 6.60. The largest absolute Gasteiger partial charge is 0.475 e. The molecule has 21 heavy (non-hydrogen) atoms. The molecule has 2 amide bonds. The maximum atomic E-state index is 11.7. The lowest BCUT2D eigenvalue weighted by atomic mass is 9.75. The summed E-state index contributed by atoms with van der Waals surface area (Å²) in [4.78, 5) is 30.9. The molecule has 0 aliphatic heterocycles. The third kappa shape index (κ3) is 6.32. The van der Waals surface area contributed by atoms with Gasteiger partial charge in [-0.25, -0.2) is 4.98 Å². The van der Waals surface area contributed by atoms with E-state index < -0.39 is 24.9 Å². The van der Waals surface area contributed by atoms with Crippen LogP contribution < -0.4 is 10.6 Å². The minimum Gasteiger partial charge on any atom is -0.426 e. The number of amides is 2. The van der Waals surface area contributed by atoms with Gasteiger partial charge in [0.05, 0.1) is 18.7 Å². The van der Waals surface area contributed by atoms with Gasteiger partial charge in [-0.3, -0.25) is 14.6 Å². The summed E-state index contributed by atoms with van der Waals surface area (Å²) in [6.07, 6.45) is 4.51. The Morgan fingerprint density at radius 1 is 1.33 bits per heavy atom. The summed E-state index contributed by atoms with van der Waals surface area (Å²) in [5, 5.41) is 23.2. The van der Waals surface area contributed by atoms with Crippen LogP contribution in [0.1, 0.15) is 30.8 Å². The first-order chi connectivity index (χ1) is 9.90. The first-order valence-corrected chi connectivity index (χ1v) is 6.60. The van der Waals surface area contributed by atoms with E-state index in [9.17, 15) is 19.6 Å². The Morgan fingerprint density at radius 2 is 2.05 bits per heavy atom. The molecule has 4 N–H and O–H groups in total. The van der Waals surface area contributed by atoms with Crippen molar-refractivity contribution in [3.8, 4) is 0 Å². The quantitative estimate of drug-likeness (QED) is 0.466. The van der Waals surface area contributed by atoms with Gasteiger partial charge in [-0.2, -0.15) is 0 Å². The number of rotatable bonds is 7. The zero-order chi connectivity index (χ0) is 15.8. The van der Waals surface area contributed by atoms with E-state index in [1.165, 1.54) is 18.6 Å². The molecule has 8 nitrogen and oxygen atoms in total. The molecule has 114 valence electrons. The van der Waals surface area contributed by atoms with Crippen molar-refractivity contribution in [3.05, 3.63) is 24.3 Å². The second-order valence-corrected chi connectivity index (χ2v) is 4.99. The van der Waals surface area contributed by atoms with Crippen LogP contribution >= 0.6 is 0 Å². The molecule has 1 atom stereocenters. The molecular weight excluding hydrogens is 275 g/mol. The number of hydrogen-bond acceptors (Lipinski definition) is 6. The molecule has 0 aliphatic carbocycles. The molecule has 0 fully saturated rings. The Bertz CT molecular complexity index is 470. The minimum atomic E-state index is -1.65. The van der Waals surface area contributed by atoms with Crippen molar-refractivity contribution in [2.75, 3.05) is 6.54 Å². The van der Waals surface area contributed by atoms with Crippen LogP contribution in [0, 0.1) is 5.92 Å². The fourth-order valence-corrected chi connectivity index (χ4v) is 1.69. The topological polar surface area (TPSA) is 124 Å². The van der Waals surface area contributed by atoms with Crippen LogP contribution in [0.15, 0.2) is 18.6 Å². The monoisotopic (exact) mass is 294 g/mol. The molecule has 0 aromatic carbocycles. The van der Waals surface area contributed by atoms with Gasteiger partial charge in [0.25, 0.3) is 5.91 Å². The van der Waals surface area contributed by atoms with E-state index in [-0.39, 0.29) is 18.2 Å². The van der Waals surface area contributed by atoms with Gasteiger partial charge in [-0.15, -0.1) is 0 Å². The minimum absolute atomic E-state index is 0.103. The van der Waals surface area contributed by atoms with Crippen molar-refractivity contribution in [3.63, 3.8) is 0 Å². The Labute approximate surface area is 123 Å². The molecule has 0 saturated heterocycles. The number of nitrogens with one attached hydrogen (secondary N) is 2. The van der Waals surface area contributed by atoms with E-state index in [1.54, 1.807) is 0 Å². The predicted molar refractivity (Wildman–Crippen MR) is 75.9 cm³/mol. The van der Waals surface area contributed by atoms with E-state index in [0.717, 1.165) is 0 Å². The highest BCUT2D eigenvalue weighted by molar-refractivity contribution is 6.43. The number of hydrogen-bond donors (Lipinski definition) is 4. The van der Waals surface area contributed by atoms with Gasteiger partial charge < -0.3 is 20.7 Å². The van der Waals surface area contributed by atoms with Gasteiger partial charge in [-0.1, -0.05) is 13.8 Å². The van der Waals surface area contributed by atoms with E-state index in [4.69, 9.17) is 0 Å². The zero-order valence-corrected chi connectivity index (χ0v) is 12.0. The highest BCUT2D eigenvalue weighted by Crippen LogP contribution is 2.05. The van der Waals surface area contributed by atoms with Crippen molar-refractivity contribution in [1.82, 2.24) is 20.6 Å². The van der Waals surface area contributed by atoms with Crippen molar-refractivity contribution < 1.29 is 19.6 Å². The maximum Gasteiger partial charge on any atom is 0.475 e. The van der Waals surface area contributed by atoms with Gasteiger partial charge in [0.15, 0.2) is 0 Å². The van der Waals surface area contributed by atoms with Gasteiger partial charge in [0.1, 0.15) is 5.69 Å². The molecule has 9 heteroatoms. The van der Waals surface area contributed by atoms with Crippen molar-refractivity contribution in [2.45, 2.75) is 26.2 Å². The lowest BCUT2D eigenvalue weighted by Gasteiger charge is -2.19. The van der Waals surface area contributed by atoms with Crippen molar-refractivity contribution in [1.29, 1.82) is 0 Å². The molecule has 0 aliphatic rings. The maximum absolute atomic E-state index is 11.7. The van der Waals surface area contributed by atoms with Crippen LogP contribution in [-0.4, -0.2) is 51.4 Å². The molecule has 1 aromatic rings. The third-order valence-electron chi connectivity index (χ3n) is 2.64. The van der Waals surface area contributed by atoms with Crippen molar-refractivity contribution >= 4 is 18.9 Å². The fraction of sp³-hybridized carbons (Fsp3) is 0.500. The van der Waals surface area contributed by atoms with Gasteiger partial charge in [0, 0.05) is 12.4 Å². The lowest BCUT2D eigenvalue weighted by Crippen LogP contribution is -2.50. The van der Waals surface area contributed by atoms with E-state index in [1.807, 2.05) is 13.8 Å². The highest BCUT2D eigenvalue weighted by Gasteiger charge is 2.26. The highest BCUT2D eigenvalue weighted by atomic mass is 16.4. The van der Waals surface area contributed by atoms with Crippen LogP contribution in [0.4, 0.5) is 0 Å². The molecule has 1 aromatic heterocycles. The van der Waals surface area contributed by atoms with E-state index >= 15 is 0 Å². The average Bonchev–Trinajstić information content (AvgIpc) is 2.44. The summed E-state index contributed by atoms with van der Waals surface area (Å²) in [5.41, 5.74) is 0.103. The zero-order valence-electron chi connectivity index (χ0n) is 12.0. The molecule has 0 saturated carbocycles. The Balaban J connectivity index is 2.44. The molecule has 1 rings (SSSR count). The lowest BCUT2D eigenvalue weighted by molar-refractivity contribution is -0.120. The smallest absolute Gasteiger partial charge is 0.426 e. The van der Waals surface area contributed by atoms with Crippen molar-refractivity contribution in [2.24, 2.45) is 5.92 Å². The second kappa shape index (κ2) is 8.33. The van der Waals surface area contributed by atoms with E-state index in [2.05, 4.69) is 20.6 Å². The third-order valence-corrected chi connectivity index (χ3v) is 2.64. The molecule has 1 heterocycles. The summed E-state index contributed by atoms with van der Waals surface area (Å²) in [6, 6.07) is 0. The van der Waals surface area contributed by atoms with Gasteiger partial charge >= 0.3 is 7.12 Å². The summed E-state index contributed by atoms with van der Waals surface area (Å²) >= 11 is 0. The molecule has 0 spiro atoms. The first kappa shape index (κ1) is 17.1. The summed E-state index contributed by atoms with van der Waals surface area (Å²) in [5.74, 6) is -1.62. The van der Waals surface area contributed by atoms with Gasteiger partial charge in [0.2, 0.25) is 5.91 Å². The Morgan fingerprint density at radius 3 is 2.57 bits per heavy atom. The average molecular weight is 294 g/mol. The summed E-state index contributed by atoms with van der Waals surface area (Å²) in [6.45, 7) is 3.52. The fourth-order valence-electron chi connectivity index (χ4n) is 1.69. The normalized spacial score (nSPS) is 11.9. The van der Waals surface area contributed by atoms with Crippen LogP contribution in [0.5, 0.6) is 0 Å². The standard InChI is InChI=1S/C12H19BN4O4/c1-8(2)5-10(13(20)21)17-11(18)7-16-12(19)9-6-14-3-4-15-9/h3-4,6,8,10,20-21H,5,7H2,1-2H3,(H,16,19)(H,17,18). The van der Waals surface area contributed by atoms with Crippen LogP contribution in [0.2, 0.25) is 0 Å². The SMILES string of the molecule is CC(C)CC(NC(=O)CNC(=O)c1cnccn1)B(O)O.